The first-order valence-electron chi connectivity index (χ1n) is 8.99. The fourth-order valence-corrected chi connectivity index (χ4v) is 3.84. The molecule has 128 valence electrons. The Kier molecular flexibility index (Phi) is 4.32. The second kappa shape index (κ2) is 6.75. The predicted molar refractivity (Wildman–Crippen MR) is 90.8 cm³/mol. The molecule has 1 saturated heterocycles. The zero-order chi connectivity index (χ0) is 16.4. The van der Waals surface area contributed by atoms with E-state index in [-0.39, 0.29) is 0 Å². The molecule has 1 amide bonds. The van der Waals surface area contributed by atoms with E-state index >= 15 is 0 Å². The van der Waals surface area contributed by atoms with E-state index in [2.05, 4.69) is 20.2 Å². The zero-order valence-corrected chi connectivity index (χ0v) is 14.0. The monoisotopic (exact) mass is 328 g/mol. The maximum absolute atomic E-state index is 12.5. The summed E-state index contributed by atoms with van der Waals surface area (Å²) in [6.45, 7) is 3.23. The number of fused-ring (bicyclic) bond motifs is 1. The first kappa shape index (κ1) is 15.4. The summed E-state index contributed by atoms with van der Waals surface area (Å²) in [6.07, 6.45) is 8.75. The highest BCUT2D eigenvalue weighted by Gasteiger charge is 2.25. The fraction of sp³-hybridized carbons (Fsp3) is 0.647. The number of carbonyl (C=O) groups is 1. The Balaban J connectivity index is 1.33. The van der Waals surface area contributed by atoms with Gasteiger partial charge in [-0.15, -0.1) is 15.3 Å². The number of hydrogen-bond acceptors (Lipinski definition) is 5. The van der Waals surface area contributed by atoms with Gasteiger partial charge in [-0.1, -0.05) is 19.3 Å². The number of amides is 1. The zero-order valence-electron chi connectivity index (χ0n) is 14.0. The Morgan fingerprint density at radius 3 is 2.67 bits per heavy atom. The van der Waals surface area contributed by atoms with Crippen molar-refractivity contribution in [1.29, 1.82) is 0 Å². The minimum absolute atomic E-state index is 0.337. The summed E-state index contributed by atoms with van der Waals surface area (Å²) in [6, 6.07) is 3.90. The summed E-state index contributed by atoms with van der Waals surface area (Å²) >= 11 is 0. The average Bonchev–Trinajstić information content (AvgIpc) is 3.10. The largest absolute Gasteiger partial charge is 0.352 e. The molecule has 0 atom stereocenters. The SMILES string of the molecule is O=C(CC1CCCCC1)N1CCN(c2ccc3nncn3n2)CC1. The molecule has 1 aliphatic carbocycles. The lowest BCUT2D eigenvalue weighted by molar-refractivity contribution is -0.132. The number of rotatable bonds is 3. The molecule has 0 N–H and O–H groups in total. The van der Waals surface area contributed by atoms with Gasteiger partial charge >= 0.3 is 0 Å². The van der Waals surface area contributed by atoms with Gasteiger partial charge in [-0.2, -0.15) is 4.52 Å². The summed E-state index contributed by atoms with van der Waals surface area (Å²) in [5, 5.41) is 12.4. The van der Waals surface area contributed by atoms with Crippen LogP contribution in [0.4, 0.5) is 5.82 Å². The van der Waals surface area contributed by atoms with E-state index in [0.717, 1.165) is 44.1 Å². The van der Waals surface area contributed by atoms with Crippen molar-refractivity contribution in [3.63, 3.8) is 0 Å². The summed E-state index contributed by atoms with van der Waals surface area (Å²) in [5.41, 5.74) is 0.750. The Morgan fingerprint density at radius 1 is 1.08 bits per heavy atom. The molecule has 0 spiro atoms. The van der Waals surface area contributed by atoms with Gasteiger partial charge in [0.2, 0.25) is 5.91 Å². The van der Waals surface area contributed by atoms with Crippen LogP contribution in [0.5, 0.6) is 0 Å². The Labute approximate surface area is 141 Å². The third kappa shape index (κ3) is 3.20. The molecule has 2 aromatic heterocycles. The van der Waals surface area contributed by atoms with Crippen molar-refractivity contribution in [3.8, 4) is 0 Å². The number of nitrogens with zero attached hydrogens (tertiary/aromatic N) is 6. The summed E-state index contributed by atoms with van der Waals surface area (Å²) in [4.78, 5) is 16.8. The first-order valence-corrected chi connectivity index (χ1v) is 8.99. The summed E-state index contributed by atoms with van der Waals surface area (Å²) < 4.78 is 1.69. The molecule has 2 aromatic rings. The highest BCUT2D eigenvalue weighted by atomic mass is 16.2. The van der Waals surface area contributed by atoms with Crippen LogP contribution in [-0.2, 0) is 4.79 Å². The third-order valence-corrected chi connectivity index (χ3v) is 5.29. The molecule has 0 unspecified atom stereocenters. The molecule has 1 saturated carbocycles. The van der Waals surface area contributed by atoms with Crippen LogP contribution in [-0.4, -0.2) is 56.8 Å². The molecular weight excluding hydrogens is 304 g/mol. The minimum atomic E-state index is 0.337. The lowest BCUT2D eigenvalue weighted by Gasteiger charge is -2.36. The highest BCUT2D eigenvalue weighted by Crippen LogP contribution is 2.27. The van der Waals surface area contributed by atoms with Crippen LogP contribution in [0, 0.1) is 5.92 Å². The fourth-order valence-electron chi connectivity index (χ4n) is 3.84. The van der Waals surface area contributed by atoms with Gasteiger partial charge in [0.05, 0.1) is 0 Å². The van der Waals surface area contributed by atoms with Gasteiger partial charge < -0.3 is 9.80 Å². The number of piperazine rings is 1. The Hall–Kier alpha value is -2.18. The van der Waals surface area contributed by atoms with E-state index in [1.165, 1.54) is 32.1 Å². The van der Waals surface area contributed by atoms with Crippen LogP contribution in [0.15, 0.2) is 18.5 Å². The van der Waals surface area contributed by atoms with Crippen molar-refractivity contribution in [3.05, 3.63) is 18.5 Å². The van der Waals surface area contributed by atoms with Crippen LogP contribution in [0.1, 0.15) is 38.5 Å². The van der Waals surface area contributed by atoms with E-state index in [1.807, 2.05) is 17.0 Å². The van der Waals surface area contributed by atoms with E-state index in [9.17, 15) is 4.79 Å². The third-order valence-electron chi connectivity index (χ3n) is 5.29. The standard InChI is InChI=1S/C17H24N6O/c24-17(12-14-4-2-1-3-5-14)22-10-8-21(9-11-22)16-7-6-15-19-18-13-23(15)20-16/h6-7,13-14H,1-5,8-12H2. The lowest BCUT2D eigenvalue weighted by atomic mass is 9.86. The molecule has 1 aliphatic heterocycles. The lowest BCUT2D eigenvalue weighted by Crippen LogP contribution is -2.49. The van der Waals surface area contributed by atoms with Gasteiger partial charge in [0, 0.05) is 32.6 Å². The van der Waals surface area contributed by atoms with Crippen molar-refractivity contribution in [2.24, 2.45) is 5.92 Å². The number of hydrogen-bond donors (Lipinski definition) is 0. The summed E-state index contributed by atoms with van der Waals surface area (Å²) in [7, 11) is 0. The van der Waals surface area contributed by atoms with Crippen LogP contribution in [0.2, 0.25) is 0 Å². The molecule has 0 aromatic carbocycles. The van der Waals surface area contributed by atoms with Crippen LogP contribution >= 0.6 is 0 Å². The van der Waals surface area contributed by atoms with Crippen LogP contribution < -0.4 is 4.90 Å². The molecule has 0 radical (unpaired) electrons. The van der Waals surface area contributed by atoms with Gasteiger partial charge in [0.1, 0.15) is 12.1 Å². The van der Waals surface area contributed by atoms with Gasteiger partial charge in [-0.05, 0) is 30.9 Å². The smallest absolute Gasteiger partial charge is 0.222 e. The number of aromatic nitrogens is 4. The molecular formula is C17H24N6O. The van der Waals surface area contributed by atoms with E-state index in [0.29, 0.717) is 11.8 Å². The second-order valence-corrected chi connectivity index (χ2v) is 6.90. The second-order valence-electron chi connectivity index (χ2n) is 6.90. The van der Waals surface area contributed by atoms with E-state index in [1.54, 1.807) is 10.8 Å². The van der Waals surface area contributed by atoms with Crippen molar-refractivity contribution in [2.75, 3.05) is 31.1 Å². The minimum Gasteiger partial charge on any atom is -0.352 e. The first-order chi connectivity index (χ1) is 11.8. The number of carbonyl (C=O) groups excluding carboxylic acids is 1. The molecule has 3 heterocycles. The normalized spacial score (nSPS) is 19.8. The molecule has 7 heteroatoms. The molecule has 2 fully saturated rings. The van der Waals surface area contributed by atoms with Crippen molar-refractivity contribution in [1.82, 2.24) is 24.7 Å². The van der Waals surface area contributed by atoms with Crippen molar-refractivity contribution >= 4 is 17.4 Å². The molecule has 7 nitrogen and oxygen atoms in total. The number of anilines is 1. The quantitative estimate of drug-likeness (QED) is 0.859. The maximum Gasteiger partial charge on any atom is 0.222 e. The van der Waals surface area contributed by atoms with Crippen LogP contribution in [0.25, 0.3) is 5.65 Å². The van der Waals surface area contributed by atoms with Gasteiger partial charge in [-0.25, -0.2) is 0 Å². The van der Waals surface area contributed by atoms with E-state index in [4.69, 9.17) is 0 Å². The Morgan fingerprint density at radius 2 is 1.88 bits per heavy atom. The highest BCUT2D eigenvalue weighted by molar-refractivity contribution is 5.76. The van der Waals surface area contributed by atoms with E-state index < -0.39 is 0 Å². The average molecular weight is 328 g/mol. The maximum atomic E-state index is 12.5. The molecule has 24 heavy (non-hydrogen) atoms. The Bertz CT molecular complexity index is 700. The molecule has 2 aliphatic rings. The van der Waals surface area contributed by atoms with Gasteiger partial charge in [0.25, 0.3) is 0 Å². The topological polar surface area (TPSA) is 66.6 Å². The van der Waals surface area contributed by atoms with Crippen molar-refractivity contribution in [2.45, 2.75) is 38.5 Å². The predicted octanol–water partition coefficient (Wildman–Crippen LogP) is 1.74. The molecule has 4 rings (SSSR count). The van der Waals surface area contributed by atoms with Gasteiger partial charge in [-0.3, -0.25) is 4.79 Å². The van der Waals surface area contributed by atoms with Gasteiger partial charge in [0.15, 0.2) is 5.65 Å². The molecule has 0 bridgehead atoms. The van der Waals surface area contributed by atoms with Crippen LogP contribution in [0.3, 0.4) is 0 Å². The van der Waals surface area contributed by atoms with Crippen molar-refractivity contribution < 1.29 is 4.79 Å². The summed E-state index contributed by atoms with van der Waals surface area (Å²) in [5.74, 6) is 1.87.